The number of carbonyl (C=O) groups excluding carboxylic acids is 1. The molecule has 2 heterocycles. The number of piperidine rings is 1. The second kappa shape index (κ2) is 4.71. The van der Waals surface area contributed by atoms with E-state index in [1.54, 1.807) is 0 Å². The molecule has 1 aliphatic heterocycles. The summed E-state index contributed by atoms with van der Waals surface area (Å²) in [6.07, 6.45) is 7.30. The molecule has 3 fully saturated rings. The fourth-order valence-corrected chi connectivity index (χ4v) is 3.19. The first kappa shape index (κ1) is 13.1. The van der Waals surface area contributed by atoms with Crippen LogP contribution in [0.3, 0.4) is 0 Å². The van der Waals surface area contributed by atoms with Crippen LogP contribution in [0.1, 0.15) is 57.3 Å². The molecule has 0 bridgehead atoms. The molecule has 21 heavy (non-hydrogen) atoms. The van der Waals surface area contributed by atoms with E-state index in [2.05, 4.69) is 15.5 Å². The van der Waals surface area contributed by atoms with Gasteiger partial charge in [-0.25, -0.2) is 0 Å². The number of carbonyl (C=O) groups is 1. The summed E-state index contributed by atoms with van der Waals surface area (Å²) < 4.78 is 5.55. The van der Waals surface area contributed by atoms with Gasteiger partial charge in [-0.1, -0.05) is 5.10 Å². The highest BCUT2D eigenvalue weighted by Gasteiger charge is 2.45. The van der Waals surface area contributed by atoms with Gasteiger partial charge >= 0.3 is 6.01 Å². The first-order valence-corrected chi connectivity index (χ1v) is 8.04. The molecule has 0 aromatic carbocycles. The summed E-state index contributed by atoms with van der Waals surface area (Å²) in [5, 5.41) is 11.1. The van der Waals surface area contributed by atoms with E-state index in [-0.39, 0.29) is 11.9 Å². The van der Waals surface area contributed by atoms with E-state index < -0.39 is 0 Å². The number of hydrogen-bond donors (Lipinski definition) is 1. The van der Waals surface area contributed by atoms with Crippen molar-refractivity contribution in [3.63, 3.8) is 0 Å². The summed E-state index contributed by atoms with van der Waals surface area (Å²) in [6.45, 7) is 3.65. The molecule has 1 atom stereocenters. The van der Waals surface area contributed by atoms with E-state index in [0.717, 1.165) is 38.8 Å². The average molecular weight is 290 g/mol. The summed E-state index contributed by atoms with van der Waals surface area (Å²) >= 11 is 0. The molecule has 0 radical (unpaired) electrons. The van der Waals surface area contributed by atoms with Crippen molar-refractivity contribution in [1.82, 2.24) is 15.1 Å². The standard InChI is InChI=1S/C15H22N4O2/c1-10(16-14-18-17-12(21-14)11-2-3-11)13(20)19-8-6-15(4-5-15)7-9-19/h10-11H,2-9H2,1H3,(H,16,18)/t10-/m1/s1. The molecule has 2 saturated carbocycles. The van der Waals surface area contributed by atoms with Crippen molar-refractivity contribution >= 4 is 11.9 Å². The minimum atomic E-state index is -0.314. The number of nitrogens with zero attached hydrogens (tertiary/aromatic N) is 3. The summed E-state index contributed by atoms with van der Waals surface area (Å²) in [5.74, 6) is 1.28. The highest BCUT2D eigenvalue weighted by molar-refractivity contribution is 5.83. The Morgan fingerprint density at radius 3 is 2.62 bits per heavy atom. The number of hydrogen-bond acceptors (Lipinski definition) is 5. The Morgan fingerprint density at radius 2 is 2.00 bits per heavy atom. The van der Waals surface area contributed by atoms with Gasteiger partial charge in [0.05, 0.1) is 0 Å². The van der Waals surface area contributed by atoms with Crippen LogP contribution in [0, 0.1) is 5.41 Å². The van der Waals surface area contributed by atoms with Crippen molar-refractivity contribution in [2.45, 2.75) is 57.4 Å². The van der Waals surface area contributed by atoms with Crippen molar-refractivity contribution in [1.29, 1.82) is 0 Å². The third-order valence-corrected chi connectivity index (χ3v) is 5.17. The Morgan fingerprint density at radius 1 is 1.29 bits per heavy atom. The predicted molar refractivity (Wildman–Crippen MR) is 76.8 cm³/mol. The normalized spacial score (nSPS) is 24.9. The van der Waals surface area contributed by atoms with Gasteiger partial charge in [0.25, 0.3) is 0 Å². The largest absolute Gasteiger partial charge is 0.408 e. The van der Waals surface area contributed by atoms with Crippen LogP contribution in [0.4, 0.5) is 6.01 Å². The highest BCUT2D eigenvalue weighted by Crippen LogP contribution is 2.53. The highest BCUT2D eigenvalue weighted by atomic mass is 16.4. The van der Waals surface area contributed by atoms with E-state index in [0.29, 0.717) is 23.2 Å². The molecular weight excluding hydrogens is 268 g/mol. The number of nitrogens with one attached hydrogen (secondary N) is 1. The van der Waals surface area contributed by atoms with E-state index >= 15 is 0 Å². The molecule has 1 aromatic rings. The molecule has 1 aromatic heterocycles. The van der Waals surface area contributed by atoms with E-state index in [1.807, 2.05) is 11.8 Å². The maximum Gasteiger partial charge on any atom is 0.316 e. The Bertz CT molecular complexity index is 538. The molecule has 3 aliphatic rings. The van der Waals surface area contributed by atoms with Gasteiger partial charge in [-0.15, -0.1) is 5.10 Å². The SMILES string of the molecule is C[C@@H](Nc1nnc(C2CC2)o1)C(=O)N1CCC2(CC1)CC2. The van der Waals surface area contributed by atoms with Crippen LogP contribution in [0.5, 0.6) is 0 Å². The lowest BCUT2D eigenvalue weighted by molar-refractivity contribution is -0.133. The maximum atomic E-state index is 12.5. The number of likely N-dealkylation sites (tertiary alicyclic amines) is 1. The molecule has 4 rings (SSSR count). The van der Waals surface area contributed by atoms with Crippen LogP contribution in [-0.4, -0.2) is 40.1 Å². The van der Waals surface area contributed by atoms with Gasteiger partial charge in [-0.2, -0.15) is 0 Å². The maximum absolute atomic E-state index is 12.5. The van der Waals surface area contributed by atoms with E-state index in [1.165, 1.54) is 12.8 Å². The smallest absolute Gasteiger partial charge is 0.316 e. The van der Waals surface area contributed by atoms with Gasteiger partial charge in [-0.05, 0) is 50.9 Å². The van der Waals surface area contributed by atoms with Gasteiger partial charge in [0.1, 0.15) is 6.04 Å². The van der Waals surface area contributed by atoms with Crippen LogP contribution in [-0.2, 0) is 4.79 Å². The molecule has 2 aliphatic carbocycles. The number of aromatic nitrogens is 2. The zero-order valence-corrected chi connectivity index (χ0v) is 12.5. The Balaban J connectivity index is 1.32. The van der Waals surface area contributed by atoms with Crippen LogP contribution in [0.25, 0.3) is 0 Å². The molecule has 1 amide bonds. The van der Waals surface area contributed by atoms with E-state index in [9.17, 15) is 4.79 Å². The zero-order chi connectivity index (χ0) is 14.4. The third kappa shape index (κ3) is 2.63. The van der Waals surface area contributed by atoms with Gasteiger partial charge in [0.2, 0.25) is 11.8 Å². The van der Waals surface area contributed by atoms with Gasteiger partial charge in [0, 0.05) is 19.0 Å². The monoisotopic (exact) mass is 290 g/mol. The lowest BCUT2D eigenvalue weighted by atomic mass is 9.93. The van der Waals surface area contributed by atoms with Crippen LogP contribution < -0.4 is 5.32 Å². The van der Waals surface area contributed by atoms with Crippen LogP contribution >= 0.6 is 0 Å². The molecule has 6 nitrogen and oxygen atoms in total. The zero-order valence-electron chi connectivity index (χ0n) is 12.5. The predicted octanol–water partition coefficient (Wildman–Crippen LogP) is 2.15. The number of anilines is 1. The van der Waals surface area contributed by atoms with Crippen LogP contribution in [0.15, 0.2) is 4.42 Å². The molecule has 0 unspecified atom stereocenters. The summed E-state index contributed by atoms with van der Waals surface area (Å²) in [6, 6.07) is 0.0548. The Hall–Kier alpha value is -1.59. The van der Waals surface area contributed by atoms with Crippen molar-refractivity contribution in [2.75, 3.05) is 18.4 Å². The topological polar surface area (TPSA) is 71.3 Å². The second-order valence-electron chi connectivity index (χ2n) is 6.91. The second-order valence-corrected chi connectivity index (χ2v) is 6.91. The summed E-state index contributed by atoms with van der Waals surface area (Å²) in [7, 11) is 0. The van der Waals surface area contributed by atoms with E-state index in [4.69, 9.17) is 4.42 Å². The van der Waals surface area contributed by atoms with Crippen molar-refractivity contribution in [3.8, 4) is 0 Å². The fraction of sp³-hybridized carbons (Fsp3) is 0.800. The van der Waals surface area contributed by atoms with Crippen molar-refractivity contribution in [3.05, 3.63) is 5.89 Å². The molecular formula is C15H22N4O2. The Kier molecular flexibility index (Phi) is 2.94. The van der Waals surface area contributed by atoms with Gasteiger partial charge in [0.15, 0.2) is 0 Å². The summed E-state index contributed by atoms with van der Waals surface area (Å²) in [4.78, 5) is 14.4. The quantitative estimate of drug-likeness (QED) is 0.920. The molecule has 1 saturated heterocycles. The summed E-state index contributed by atoms with van der Waals surface area (Å²) in [5.41, 5.74) is 0.596. The lowest BCUT2D eigenvalue weighted by Gasteiger charge is -2.33. The lowest BCUT2D eigenvalue weighted by Crippen LogP contribution is -2.45. The fourth-order valence-electron chi connectivity index (χ4n) is 3.19. The van der Waals surface area contributed by atoms with Crippen LogP contribution in [0.2, 0.25) is 0 Å². The minimum absolute atomic E-state index is 0.136. The molecule has 6 heteroatoms. The molecule has 1 N–H and O–H groups in total. The third-order valence-electron chi connectivity index (χ3n) is 5.17. The van der Waals surface area contributed by atoms with Crippen molar-refractivity contribution in [2.24, 2.45) is 5.41 Å². The first-order chi connectivity index (χ1) is 10.2. The molecule has 1 spiro atoms. The van der Waals surface area contributed by atoms with Gasteiger partial charge in [-0.3, -0.25) is 4.79 Å². The van der Waals surface area contributed by atoms with Crippen molar-refractivity contribution < 1.29 is 9.21 Å². The average Bonchev–Trinajstić information content (AvgIpc) is 3.42. The minimum Gasteiger partial charge on any atom is -0.408 e. The number of amides is 1. The Labute approximate surface area is 124 Å². The first-order valence-electron chi connectivity index (χ1n) is 8.04. The molecule has 114 valence electrons. The van der Waals surface area contributed by atoms with Gasteiger partial charge < -0.3 is 14.6 Å². The number of rotatable bonds is 4.